The minimum Gasteiger partial charge on any atom is -0.487 e. The molecule has 20 heavy (non-hydrogen) atoms. The average molecular weight is 309 g/mol. The number of amides is 1. The molecule has 0 spiro atoms. The molecule has 0 unspecified atom stereocenters. The third kappa shape index (κ3) is 4.00. The number of carbonyl (C=O) groups excluding carboxylic acids is 1. The summed E-state index contributed by atoms with van der Waals surface area (Å²) in [6, 6.07) is 1.57. The highest BCUT2D eigenvalue weighted by Crippen LogP contribution is 2.27. The van der Waals surface area contributed by atoms with Crippen LogP contribution in [-0.4, -0.2) is 41.2 Å². The van der Waals surface area contributed by atoms with E-state index in [0.29, 0.717) is 17.2 Å². The number of likely N-dealkylation sites (tertiary alicyclic amines) is 1. The number of ether oxygens (including phenoxy) is 1. The summed E-state index contributed by atoms with van der Waals surface area (Å²) in [7, 11) is 0. The molecule has 1 aliphatic rings. The summed E-state index contributed by atoms with van der Waals surface area (Å²) in [4.78, 5) is 16.4. The van der Waals surface area contributed by atoms with Crippen molar-refractivity contribution in [3.05, 3.63) is 23.5 Å². The standard InChI is InChI=1S/C12H12ClF3N2O2/c13-9-6-17-3-1-10(9)20-8-2-4-18(7-8)11(19)5-12(14,15)16/h1,3,6,8H,2,4-5,7H2/t8-/m1/s1. The van der Waals surface area contributed by atoms with E-state index in [4.69, 9.17) is 16.3 Å². The topological polar surface area (TPSA) is 42.4 Å². The second-order valence-electron chi connectivity index (χ2n) is 4.47. The van der Waals surface area contributed by atoms with E-state index >= 15 is 0 Å². The molecule has 1 aromatic rings. The largest absolute Gasteiger partial charge is 0.487 e. The molecule has 2 heterocycles. The van der Waals surface area contributed by atoms with Crippen LogP contribution in [0.1, 0.15) is 12.8 Å². The monoisotopic (exact) mass is 308 g/mol. The molecule has 0 aromatic carbocycles. The van der Waals surface area contributed by atoms with E-state index in [0.717, 1.165) is 4.90 Å². The van der Waals surface area contributed by atoms with E-state index in [-0.39, 0.29) is 19.2 Å². The zero-order valence-corrected chi connectivity index (χ0v) is 11.1. The molecule has 0 N–H and O–H groups in total. The van der Waals surface area contributed by atoms with Gasteiger partial charge >= 0.3 is 6.18 Å². The third-order valence-electron chi connectivity index (χ3n) is 2.88. The molecular weight excluding hydrogens is 297 g/mol. The van der Waals surface area contributed by atoms with Crippen molar-refractivity contribution in [2.24, 2.45) is 0 Å². The summed E-state index contributed by atoms with van der Waals surface area (Å²) in [6.07, 6.45) is -2.88. The van der Waals surface area contributed by atoms with Crippen molar-refractivity contribution in [2.75, 3.05) is 13.1 Å². The highest BCUT2D eigenvalue weighted by atomic mass is 35.5. The van der Waals surface area contributed by atoms with Crippen molar-refractivity contribution in [2.45, 2.75) is 25.1 Å². The second-order valence-corrected chi connectivity index (χ2v) is 4.87. The molecule has 2 rings (SSSR count). The molecule has 0 aliphatic carbocycles. The molecule has 1 atom stereocenters. The van der Waals surface area contributed by atoms with Gasteiger partial charge in [0.05, 0.1) is 6.54 Å². The van der Waals surface area contributed by atoms with Gasteiger partial charge in [-0.05, 0) is 0 Å². The summed E-state index contributed by atoms with van der Waals surface area (Å²) in [6.45, 7) is 0.385. The quantitative estimate of drug-likeness (QED) is 0.862. The Kier molecular flexibility index (Phi) is 4.37. The van der Waals surface area contributed by atoms with Gasteiger partial charge in [-0.25, -0.2) is 0 Å². The second kappa shape index (κ2) is 5.87. The van der Waals surface area contributed by atoms with Crippen molar-refractivity contribution < 1.29 is 22.7 Å². The lowest BCUT2D eigenvalue weighted by atomic mass is 10.3. The fraction of sp³-hybridized carbons (Fsp3) is 0.500. The average Bonchev–Trinajstić information content (AvgIpc) is 2.79. The Bertz CT molecular complexity index is 496. The first kappa shape index (κ1) is 14.9. The van der Waals surface area contributed by atoms with Crippen LogP contribution in [0.4, 0.5) is 13.2 Å². The maximum atomic E-state index is 12.2. The van der Waals surface area contributed by atoms with Crippen molar-refractivity contribution in [1.29, 1.82) is 0 Å². The number of carbonyl (C=O) groups is 1. The van der Waals surface area contributed by atoms with Crippen LogP contribution < -0.4 is 4.74 Å². The van der Waals surface area contributed by atoms with Crippen LogP contribution in [0.15, 0.2) is 18.5 Å². The number of rotatable bonds is 3. The van der Waals surface area contributed by atoms with E-state index in [1.54, 1.807) is 6.07 Å². The number of hydrogen-bond donors (Lipinski definition) is 0. The van der Waals surface area contributed by atoms with Gasteiger partial charge in [0.1, 0.15) is 23.3 Å². The number of alkyl halides is 3. The summed E-state index contributed by atoms with van der Waals surface area (Å²) < 4.78 is 42.0. The SMILES string of the molecule is O=C(CC(F)(F)F)N1CC[C@@H](Oc2ccncc2Cl)C1. The highest BCUT2D eigenvalue weighted by molar-refractivity contribution is 6.31. The summed E-state index contributed by atoms with van der Waals surface area (Å²) in [5, 5.41) is 0.326. The molecule has 4 nitrogen and oxygen atoms in total. The van der Waals surface area contributed by atoms with Gasteiger partial charge in [0.15, 0.2) is 0 Å². The van der Waals surface area contributed by atoms with Gasteiger partial charge in [0.2, 0.25) is 5.91 Å². The molecule has 1 aromatic heterocycles. The lowest BCUT2D eigenvalue weighted by molar-refractivity contribution is -0.160. The molecule has 110 valence electrons. The smallest absolute Gasteiger partial charge is 0.397 e. The van der Waals surface area contributed by atoms with Crippen LogP contribution in [-0.2, 0) is 4.79 Å². The Labute approximate surface area is 118 Å². The molecule has 0 bridgehead atoms. The molecule has 1 aliphatic heterocycles. The van der Waals surface area contributed by atoms with Gasteiger partial charge in [-0.1, -0.05) is 11.6 Å². The van der Waals surface area contributed by atoms with Gasteiger partial charge in [0.25, 0.3) is 0 Å². The Morgan fingerprint density at radius 2 is 2.30 bits per heavy atom. The molecule has 1 fully saturated rings. The minimum atomic E-state index is -4.48. The van der Waals surface area contributed by atoms with Gasteiger partial charge in [-0.3, -0.25) is 9.78 Å². The first-order chi connectivity index (χ1) is 9.35. The maximum Gasteiger partial charge on any atom is 0.397 e. The summed E-state index contributed by atoms with van der Waals surface area (Å²) in [5.41, 5.74) is 0. The lowest BCUT2D eigenvalue weighted by Gasteiger charge is -2.18. The van der Waals surface area contributed by atoms with Crippen LogP contribution in [0, 0.1) is 0 Å². The predicted octanol–water partition coefficient (Wildman–Crippen LogP) is 2.67. The minimum absolute atomic E-state index is 0.133. The highest BCUT2D eigenvalue weighted by Gasteiger charge is 2.36. The zero-order valence-electron chi connectivity index (χ0n) is 10.4. The van der Waals surface area contributed by atoms with Crippen molar-refractivity contribution in [3.63, 3.8) is 0 Å². The molecular formula is C12H12ClF3N2O2. The Morgan fingerprint density at radius 1 is 1.55 bits per heavy atom. The molecule has 1 saturated heterocycles. The fourth-order valence-electron chi connectivity index (χ4n) is 1.97. The van der Waals surface area contributed by atoms with Crippen LogP contribution >= 0.6 is 11.6 Å². The van der Waals surface area contributed by atoms with Crippen molar-refractivity contribution >= 4 is 17.5 Å². The van der Waals surface area contributed by atoms with Gasteiger partial charge < -0.3 is 9.64 Å². The summed E-state index contributed by atoms with van der Waals surface area (Å²) in [5.74, 6) is -0.513. The van der Waals surface area contributed by atoms with E-state index in [2.05, 4.69) is 4.98 Å². The van der Waals surface area contributed by atoms with Crippen molar-refractivity contribution in [3.8, 4) is 5.75 Å². The Balaban J connectivity index is 1.90. The number of hydrogen-bond acceptors (Lipinski definition) is 3. The van der Waals surface area contributed by atoms with Crippen LogP contribution in [0.5, 0.6) is 5.75 Å². The Hall–Kier alpha value is -1.50. The molecule has 0 saturated carbocycles. The third-order valence-corrected chi connectivity index (χ3v) is 3.16. The molecule has 1 amide bonds. The number of halogens is 4. The van der Waals surface area contributed by atoms with Gasteiger partial charge in [0, 0.05) is 31.4 Å². The first-order valence-corrected chi connectivity index (χ1v) is 6.33. The van der Waals surface area contributed by atoms with E-state index in [9.17, 15) is 18.0 Å². The lowest BCUT2D eigenvalue weighted by Crippen LogP contribution is -2.33. The van der Waals surface area contributed by atoms with E-state index < -0.39 is 18.5 Å². The molecule has 0 radical (unpaired) electrons. The number of aromatic nitrogens is 1. The van der Waals surface area contributed by atoms with Crippen LogP contribution in [0.3, 0.4) is 0 Å². The zero-order chi connectivity index (χ0) is 14.8. The van der Waals surface area contributed by atoms with Crippen molar-refractivity contribution in [1.82, 2.24) is 9.88 Å². The number of nitrogens with zero attached hydrogens (tertiary/aromatic N) is 2. The van der Waals surface area contributed by atoms with Crippen LogP contribution in [0.2, 0.25) is 5.02 Å². The van der Waals surface area contributed by atoms with Gasteiger partial charge in [-0.15, -0.1) is 0 Å². The van der Waals surface area contributed by atoms with Crippen LogP contribution in [0.25, 0.3) is 0 Å². The normalized spacial score (nSPS) is 19.2. The van der Waals surface area contributed by atoms with E-state index in [1.807, 2.05) is 0 Å². The van der Waals surface area contributed by atoms with E-state index in [1.165, 1.54) is 12.4 Å². The number of pyridine rings is 1. The predicted molar refractivity (Wildman–Crippen MR) is 65.5 cm³/mol. The Morgan fingerprint density at radius 3 is 2.95 bits per heavy atom. The van der Waals surface area contributed by atoms with Gasteiger partial charge in [-0.2, -0.15) is 13.2 Å². The maximum absolute atomic E-state index is 12.2. The molecule has 8 heteroatoms. The summed E-state index contributed by atoms with van der Waals surface area (Å²) >= 11 is 5.87. The fourth-order valence-corrected chi connectivity index (χ4v) is 2.14. The first-order valence-electron chi connectivity index (χ1n) is 5.96.